The molecule has 1 amide bonds. The number of pyridine rings is 1. The molecule has 0 aliphatic heterocycles. The Balaban J connectivity index is 1.34. The van der Waals surface area contributed by atoms with Gasteiger partial charge in [0.05, 0.1) is 17.3 Å². The molecular formula is C34H38ClN3O5. The van der Waals surface area contributed by atoms with Gasteiger partial charge in [-0.25, -0.2) is 9.78 Å². The van der Waals surface area contributed by atoms with Crippen molar-refractivity contribution in [1.82, 2.24) is 15.2 Å². The first-order valence-corrected chi connectivity index (χ1v) is 15.5. The van der Waals surface area contributed by atoms with E-state index in [4.69, 9.17) is 26.1 Å². The molecule has 0 saturated heterocycles. The fraction of sp³-hybridized carbons (Fsp3) is 0.441. The smallest absolute Gasteiger partial charge is 0.492 e. The summed E-state index contributed by atoms with van der Waals surface area (Å²) in [7, 11) is 4.04. The van der Waals surface area contributed by atoms with Gasteiger partial charge >= 0.3 is 6.16 Å². The molecule has 1 heterocycles. The first-order valence-electron chi connectivity index (χ1n) is 15.1. The third kappa shape index (κ3) is 6.08. The topological polar surface area (TPSA) is 101 Å². The molecule has 9 heteroatoms. The minimum absolute atomic E-state index is 0.0321. The first-order chi connectivity index (χ1) is 20.7. The minimum atomic E-state index is -1.36. The molecule has 7 rings (SSSR count). The van der Waals surface area contributed by atoms with Crippen LogP contribution in [-0.4, -0.2) is 60.0 Å². The molecule has 3 aromatic rings. The number of carbonyl (C=O) groups is 2. The number of halogens is 1. The monoisotopic (exact) mass is 603 g/mol. The van der Waals surface area contributed by atoms with Crippen LogP contribution in [0, 0.1) is 23.7 Å². The SMILES string of the molecule is CN(C)CCCOc1cc(-c2nc(C(=O)NC3(OC(=O)O)C4CC5CC(C4)CC3C5)ccc2-c2ccccc2)ccc1Cl. The summed E-state index contributed by atoms with van der Waals surface area (Å²) in [6, 6.07) is 19.0. The zero-order chi connectivity index (χ0) is 30.1. The van der Waals surface area contributed by atoms with E-state index in [0.717, 1.165) is 55.3 Å². The summed E-state index contributed by atoms with van der Waals surface area (Å²) in [6.45, 7) is 1.41. The van der Waals surface area contributed by atoms with Gasteiger partial charge in [-0.05, 0) is 94.3 Å². The van der Waals surface area contributed by atoms with Crippen molar-refractivity contribution in [1.29, 1.82) is 0 Å². The number of nitrogens with zero attached hydrogens (tertiary/aromatic N) is 2. The quantitative estimate of drug-likeness (QED) is 0.146. The van der Waals surface area contributed by atoms with Crippen LogP contribution in [0.3, 0.4) is 0 Å². The Hall–Kier alpha value is -3.62. The number of ether oxygens (including phenoxy) is 2. The molecule has 0 atom stereocenters. The second kappa shape index (κ2) is 12.2. The molecule has 4 aliphatic carbocycles. The van der Waals surface area contributed by atoms with Crippen molar-refractivity contribution >= 4 is 23.7 Å². The number of aromatic nitrogens is 1. The van der Waals surface area contributed by atoms with Crippen LogP contribution in [0.5, 0.6) is 5.75 Å². The van der Waals surface area contributed by atoms with E-state index < -0.39 is 17.8 Å². The van der Waals surface area contributed by atoms with Gasteiger partial charge in [-0.15, -0.1) is 0 Å². The van der Waals surface area contributed by atoms with E-state index in [-0.39, 0.29) is 17.5 Å². The van der Waals surface area contributed by atoms with Crippen molar-refractivity contribution in [2.75, 3.05) is 27.2 Å². The summed E-state index contributed by atoms with van der Waals surface area (Å²) in [5, 5.41) is 13.3. The van der Waals surface area contributed by atoms with Gasteiger partial charge in [-0.1, -0.05) is 48.0 Å². The molecule has 43 heavy (non-hydrogen) atoms. The largest absolute Gasteiger partial charge is 0.507 e. The van der Waals surface area contributed by atoms with Gasteiger partial charge in [-0.2, -0.15) is 0 Å². The molecule has 2 N–H and O–H groups in total. The lowest BCUT2D eigenvalue weighted by Gasteiger charge is -2.59. The number of hydrogen-bond donors (Lipinski definition) is 2. The van der Waals surface area contributed by atoms with Crippen LogP contribution >= 0.6 is 11.6 Å². The van der Waals surface area contributed by atoms with E-state index in [1.54, 1.807) is 12.1 Å². The zero-order valence-electron chi connectivity index (χ0n) is 24.6. The van der Waals surface area contributed by atoms with Gasteiger partial charge in [0.25, 0.3) is 5.91 Å². The van der Waals surface area contributed by atoms with Crippen LogP contribution in [0.2, 0.25) is 5.02 Å². The van der Waals surface area contributed by atoms with Crippen LogP contribution in [0.25, 0.3) is 22.4 Å². The molecular weight excluding hydrogens is 566 g/mol. The number of carboxylic acid groups (broad SMARTS) is 1. The summed E-state index contributed by atoms with van der Waals surface area (Å²) in [5.41, 5.74) is 2.12. The molecule has 4 saturated carbocycles. The normalized spacial score (nSPS) is 25.5. The van der Waals surface area contributed by atoms with Gasteiger partial charge in [0.15, 0.2) is 5.72 Å². The Morgan fingerprint density at radius 3 is 2.33 bits per heavy atom. The molecule has 4 bridgehead atoms. The highest BCUT2D eigenvalue weighted by Crippen LogP contribution is 2.58. The minimum Gasteiger partial charge on any atom is -0.492 e. The highest BCUT2D eigenvalue weighted by atomic mass is 35.5. The number of amides is 1. The van der Waals surface area contributed by atoms with Crippen LogP contribution < -0.4 is 10.1 Å². The summed E-state index contributed by atoms with van der Waals surface area (Å²) in [6.07, 6.45) is 4.16. The number of nitrogens with one attached hydrogen (secondary N) is 1. The summed E-state index contributed by atoms with van der Waals surface area (Å²) < 4.78 is 11.7. The van der Waals surface area contributed by atoms with Crippen molar-refractivity contribution in [2.24, 2.45) is 23.7 Å². The molecule has 8 nitrogen and oxygen atoms in total. The van der Waals surface area contributed by atoms with E-state index in [9.17, 15) is 14.7 Å². The fourth-order valence-electron chi connectivity index (χ4n) is 7.65. The van der Waals surface area contributed by atoms with Crippen molar-refractivity contribution in [3.05, 3.63) is 71.4 Å². The summed E-state index contributed by atoms with van der Waals surface area (Å²) in [4.78, 5) is 32.8. The Bertz CT molecular complexity index is 1470. The van der Waals surface area contributed by atoms with Gasteiger partial charge in [0.2, 0.25) is 0 Å². The summed E-state index contributed by atoms with van der Waals surface area (Å²) >= 11 is 6.51. The van der Waals surface area contributed by atoms with Crippen molar-refractivity contribution in [3.8, 4) is 28.1 Å². The summed E-state index contributed by atoms with van der Waals surface area (Å²) in [5.74, 6) is 1.19. The Labute approximate surface area is 257 Å². The second-order valence-corrected chi connectivity index (χ2v) is 12.9. The van der Waals surface area contributed by atoms with Crippen LogP contribution in [0.1, 0.15) is 49.0 Å². The van der Waals surface area contributed by atoms with Crippen molar-refractivity contribution in [3.63, 3.8) is 0 Å². The number of benzene rings is 2. The molecule has 4 fully saturated rings. The van der Waals surface area contributed by atoms with Gasteiger partial charge in [0, 0.05) is 29.5 Å². The lowest BCUT2D eigenvalue weighted by molar-refractivity contribution is -0.191. The molecule has 226 valence electrons. The molecule has 2 aromatic carbocycles. The third-order valence-electron chi connectivity index (χ3n) is 9.34. The number of hydrogen-bond acceptors (Lipinski definition) is 6. The molecule has 0 radical (unpaired) electrons. The standard InChI is InChI=1S/C34H38ClN3O5/c1-38(2)13-6-14-42-30-20-24(9-11-28(30)35)31-27(23-7-4-3-5-8-23)10-12-29(36-31)32(39)37-34(43-33(40)41)25-16-21-15-22(18-25)19-26(34)17-21/h3-5,7-12,20-22,25-26H,6,13-19H2,1-2H3,(H,37,39)(H,40,41). The van der Waals surface area contributed by atoms with Gasteiger partial charge in [-0.3, -0.25) is 4.79 Å². The lowest BCUT2D eigenvalue weighted by Crippen LogP contribution is -2.68. The predicted molar refractivity (Wildman–Crippen MR) is 165 cm³/mol. The van der Waals surface area contributed by atoms with Crippen LogP contribution in [-0.2, 0) is 4.74 Å². The predicted octanol–water partition coefficient (Wildman–Crippen LogP) is 6.98. The third-order valence-corrected chi connectivity index (χ3v) is 9.65. The Morgan fingerprint density at radius 2 is 1.67 bits per heavy atom. The first kappa shape index (κ1) is 29.5. The number of rotatable bonds is 10. The van der Waals surface area contributed by atoms with Crippen LogP contribution in [0.15, 0.2) is 60.7 Å². The van der Waals surface area contributed by atoms with E-state index in [1.807, 2.05) is 62.6 Å². The number of carbonyl (C=O) groups excluding carboxylic acids is 1. The Morgan fingerprint density at radius 1 is 0.977 bits per heavy atom. The average Bonchev–Trinajstić information content (AvgIpc) is 2.98. The molecule has 4 aliphatic rings. The Kier molecular flexibility index (Phi) is 8.34. The lowest BCUT2D eigenvalue weighted by atomic mass is 9.52. The van der Waals surface area contributed by atoms with E-state index >= 15 is 0 Å². The second-order valence-electron chi connectivity index (χ2n) is 12.5. The van der Waals surface area contributed by atoms with Crippen LogP contribution in [0.4, 0.5) is 4.79 Å². The van der Waals surface area contributed by atoms with Gasteiger partial charge < -0.3 is 24.8 Å². The van der Waals surface area contributed by atoms with E-state index in [1.165, 1.54) is 6.42 Å². The van der Waals surface area contributed by atoms with Crippen molar-refractivity contribution in [2.45, 2.75) is 44.2 Å². The molecule has 0 unspecified atom stereocenters. The fourth-order valence-corrected chi connectivity index (χ4v) is 7.82. The molecule has 1 aromatic heterocycles. The highest BCUT2D eigenvalue weighted by Gasteiger charge is 2.60. The maximum atomic E-state index is 13.9. The maximum absolute atomic E-state index is 13.9. The molecule has 0 spiro atoms. The van der Waals surface area contributed by atoms with Crippen molar-refractivity contribution < 1.29 is 24.2 Å². The van der Waals surface area contributed by atoms with E-state index in [2.05, 4.69) is 10.2 Å². The maximum Gasteiger partial charge on any atom is 0.507 e. The zero-order valence-corrected chi connectivity index (χ0v) is 25.3. The van der Waals surface area contributed by atoms with Gasteiger partial charge in [0.1, 0.15) is 11.4 Å². The van der Waals surface area contributed by atoms with E-state index in [0.29, 0.717) is 34.9 Å². The highest BCUT2D eigenvalue weighted by molar-refractivity contribution is 6.32. The average molecular weight is 604 g/mol.